The molecule has 2 rings (SSSR count). The van der Waals surface area contributed by atoms with Crippen molar-refractivity contribution in [2.75, 3.05) is 17.2 Å². The zero-order valence-corrected chi connectivity index (χ0v) is 10.8. The average molecular weight is 248 g/mol. The molecule has 0 aliphatic rings. The Kier molecular flexibility index (Phi) is 3.93. The molecule has 2 heterocycles. The number of hydrogen-bond acceptors (Lipinski definition) is 5. The molecule has 2 N–H and O–H groups in total. The van der Waals surface area contributed by atoms with E-state index in [0.29, 0.717) is 0 Å². The molecule has 0 fully saturated rings. The Morgan fingerprint density at radius 1 is 1.18 bits per heavy atom. The second kappa shape index (κ2) is 5.63. The first-order valence-corrected chi connectivity index (χ1v) is 6.43. The van der Waals surface area contributed by atoms with Crippen LogP contribution in [-0.2, 0) is 6.54 Å². The Morgan fingerprint density at radius 2 is 1.94 bits per heavy atom. The van der Waals surface area contributed by atoms with Crippen LogP contribution in [0.2, 0.25) is 0 Å². The summed E-state index contributed by atoms with van der Waals surface area (Å²) >= 11 is 1.71. The van der Waals surface area contributed by atoms with Gasteiger partial charge in [0.05, 0.1) is 35.3 Å². The first kappa shape index (κ1) is 11.9. The van der Waals surface area contributed by atoms with Crippen LogP contribution in [0.5, 0.6) is 0 Å². The van der Waals surface area contributed by atoms with Crippen molar-refractivity contribution >= 4 is 22.7 Å². The minimum absolute atomic E-state index is 0.794. The van der Waals surface area contributed by atoms with Gasteiger partial charge in [-0.2, -0.15) is 0 Å². The Bertz CT molecular complexity index is 481. The van der Waals surface area contributed by atoms with E-state index in [1.54, 1.807) is 11.3 Å². The van der Waals surface area contributed by atoms with E-state index in [1.165, 1.54) is 4.88 Å². The van der Waals surface area contributed by atoms with Gasteiger partial charge in [0.15, 0.2) is 0 Å². The van der Waals surface area contributed by atoms with Gasteiger partial charge in [0.1, 0.15) is 0 Å². The first-order valence-electron chi connectivity index (χ1n) is 5.62. The molecule has 90 valence electrons. The molecule has 2 aromatic heterocycles. The molecule has 0 amide bonds. The Balaban J connectivity index is 1.96. The van der Waals surface area contributed by atoms with E-state index in [9.17, 15) is 0 Å². The second-order valence-corrected chi connectivity index (χ2v) is 5.01. The molecule has 5 heteroatoms. The minimum Gasteiger partial charge on any atom is -0.384 e. The molecule has 0 atom stereocenters. The van der Waals surface area contributed by atoms with Gasteiger partial charge in [-0.3, -0.25) is 4.98 Å². The third-order valence-corrected chi connectivity index (χ3v) is 3.17. The number of aryl methyl sites for hydroxylation is 1. The third-order valence-electron chi connectivity index (χ3n) is 2.26. The Morgan fingerprint density at radius 3 is 2.59 bits per heavy atom. The van der Waals surface area contributed by atoms with Crippen molar-refractivity contribution in [2.24, 2.45) is 0 Å². The van der Waals surface area contributed by atoms with Crippen LogP contribution in [0.15, 0.2) is 24.7 Å². The monoisotopic (exact) mass is 248 g/mol. The second-order valence-electron chi connectivity index (χ2n) is 3.69. The van der Waals surface area contributed by atoms with Crippen LogP contribution in [0.4, 0.5) is 11.4 Å². The average Bonchev–Trinajstić information content (AvgIpc) is 2.74. The highest BCUT2D eigenvalue weighted by Gasteiger charge is 1.99. The zero-order chi connectivity index (χ0) is 12.1. The molecule has 2 aromatic rings. The Labute approximate surface area is 105 Å². The normalized spacial score (nSPS) is 10.2. The van der Waals surface area contributed by atoms with Crippen molar-refractivity contribution in [1.82, 2.24) is 9.97 Å². The van der Waals surface area contributed by atoms with Gasteiger partial charge in [-0.15, -0.1) is 11.3 Å². The molecule has 0 aliphatic carbocycles. The van der Waals surface area contributed by atoms with Crippen molar-refractivity contribution in [3.05, 3.63) is 34.5 Å². The van der Waals surface area contributed by atoms with Crippen LogP contribution >= 0.6 is 11.3 Å². The maximum atomic E-state index is 4.23. The molecule has 0 unspecified atom stereocenters. The van der Waals surface area contributed by atoms with Gasteiger partial charge in [-0.25, -0.2) is 4.98 Å². The highest BCUT2D eigenvalue weighted by atomic mass is 32.1. The predicted octanol–water partition coefficient (Wildman–Crippen LogP) is 2.89. The van der Waals surface area contributed by atoms with E-state index in [0.717, 1.165) is 29.5 Å². The van der Waals surface area contributed by atoms with Crippen LogP contribution < -0.4 is 10.6 Å². The number of nitrogens with one attached hydrogen (secondary N) is 2. The van der Waals surface area contributed by atoms with Gasteiger partial charge in [-0.05, 0) is 19.9 Å². The Hall–Kier alpha value is -1.62. The molecule has 0 saturated heterocycles. The predicted molar refractivity (Wildman–Crippen MR) is 72.6 cm³/mol. The van der Waals surface area contributed by atoms with Crippen LogP contribution in [-0.4, -0.2) is 16.5 Å². The summed E-state index contributed by atoms with van der Waals surface area (Å²) in [6.45, 7) is 5.78. The lowest BCUT2D eigenvalue weighted by atomic mass is 10.3. The van der Waals surface area contributed by atoms with Gasteiger partial charge < -0.3 is 10.6 Å². The minimum atomic E-state index is 0.794. The van der Waals surface area contributed by atoms with Crippen LogP contribution in [0.25, 0.3) is 0 Å². The molecule has 0 radical (unpaired) electrons. The van der Waals surface area contributed by atoms with Crippen LogP contribution in [0.3, 0.4) is 0 Å². The summed E-state index contributed by atoms with van der Waals surface area (Å²) in [6, 6.07) is 2.06. The van der Waals surface area contributed by atoms with Crippen LogP contribution in [0, 0.1) is 6.92 Å². The number of thiazole rings is 1. The topological polar surface area (TPSA) is 49.8 Å². The molecule has 0 spiro atoms. The van der Waals surface area contributed by atoms with E-state index in [2.05, 4.69) is 33.6 Å². The highest BCUT2D eigenvalue weighted by molar-refractivity contribution is 7.11. The van der Waals surface area contributed by atoms with Crippen molar-refractivity contribution < 1.29 is 0 Å². The number of anilines is 2. The third kappa shape index (κ3) is 3.42. The van der Waals surface area contributed by atoms with Gasteiger partial charge in [0.2, 0.25) is 0 Å². The van der Waals surface area contributed by atoms with E-state index in [1.807, 2.05) is 25.5 Å². The maximum Gasteiger partial charge on any atom is 0.0897 e. The zero-order valence-electron chi connectivity index (χ0n) is 10.0. The summed E-state index contributed by atoms with van der Waals surface area (Å²) in [5.74, 6) is 0. The van der Waals surface area contributed by atoms with Gasteiger partial charge in [0.25, 0.3) is 0 Å². The van der Waals surface area contributed by atoms with Gasteiger partial charge >= 0.3 is 0 Å². The number of rotatable bonds is 5. The summed E-state index contributed by atoms with van der Waals surface area (Å²) in [7, 11) is 0. The maximum absolute atomic E-state index is 4.23. The quantitative estimate of drug-likeness (QED) is 0.854. The molecular weight excluding hydrogens is 232 g/mol. The molecule has 17 heavy (non-hydrogen) atoms. The summed E-state index contributed by atoms with van der Waals surface area (Å²) in [5, 5.41) is 7.68. The van der Waals surface area contributed by atoms with Crippen molar-refractivity contribution in [2.45, 2.75) is 20.4 Å². The molecule has 4 nitrogen and oxygen atoms in total. The van der Waals surface area contributed by atoms with E-state index in [-0.39, 0.29) is 0 Å². The number of aromatic nitrogens is 2. The summed E-state index contributed by atoms with van der Waals surface area (Å²) in [4.78, 5) is 9.64. The molecule has 0 bridgehead atoms. The van der Waals surface area contributed by atoms with Crippen molar-refractivity contribution in [1.29, 1.82) is 0 Å². The lowest BCUT2D eigenvalue weighted by Crippen LogP contribution is -2.01. The first-order chi connectivity index (χ1) is 8.28. The molecule has 0 aromatic carbocycles. The highest BCUT2D eigenvalue weighted by Crippen LogP contribution is 2.16. The fourth-order valence-corrected chi connectivity index (χ4v) is 2.25. The van der Waals surface area contributed by atoms with Crippen molar-refractivity contribution in [3.63, 3.8) is 0 Å². The molecule has 0 saturated carbocycles. The van der Waals surface area contributed by atoms with Crippen LogP contribution in [0.1, 0.15) is 16.8 Å². The van der Waals surface area contributed by atoms with Crippen molar-refractivity contribution in [3.8, 4) is 0 Å². The number of hydrogen-bond donors (Lipinski definition) is 2. The summed E-state index contributed by atoms with van der Waals surface area (Å²) in [6.07, 6.45) is 5.56. The summed E-state index contributed by atoms with van der Waals surface area (Å²) in [5.41, 5.74) is 2.06. The lowest BCUT2D eigenvalue weighted by molar-refractivity contribution is 1.14. The summed E-state index contributed by atoms with van der Waals surface area (Å²) < 4.78 is 0. The number of pyridine rings is 1. The van der Waals surface area contributed by atoms with E-state index >= 15 is 0 Å². The SMILES string of the molecule is CCNc1cncc(NCc2cnc(C)s2)c1. The van der Waals surface area contributed by atoms with Gasteiger partial charge in [-0.1, -0.05) is 0 Å². The van der Waals surface area contributed by atoms with Gasteiger partial charge in [0, 0.05) is 17.6 Å². The molecule has 0 aliphatic heterocycles. The lowest BCUT2D eigenvalue weighted by Gasteiger charge is -2.07. The smallest absolute Gasteiger partial charge is 0.0897 e. The molecular formula is C12H16N4S. The number of nitrogens with zero attached hydrogens (tertiary/aromatic N) is 2. The largest absolute Gasteiger partial charge is 0.384 e. The van der Waals surface area contributed by atoms with E-state index < -0.39 is 0 Å². The van der Waals surface area contributed by atoms with E-state index in [4.69, 9.17) is 0 Å². The fourth-order valence-electron chi connectivity index (χ4n) is 1.51. The standard InChI is InChI=1S/C12H16N4S/c1-3-14-10-4-11(6-13-5-10)16-8-12-7-15-9(2)17-12/h4-7,14,16H,3,8H2,1-2H3. The fraction of sp³-hybridized carbons (Fsp3) is 0.333.